The molecular weight excluding hydrogens is 502 g/mol. The number of carboxylic acid groups (broad SMARTS) is 1. The third kappa shape index (κ3) is 8.33. The smallest absolute Gasteiger partial charge is 0.335 e. The molecule has 5 nitrogen and oxygen atoms in total. The van der Waals surface area contributed by atoms with E-state index in [0.717, 1.165) is 34.8 Å². The van der Waals surface area contributed by atoms with Gasteiger partial charge in [0.1, 0.15) is 5.01 Å². The number of nitrogens with zero attached hydrogens (tertiary/aromatic N) is 1. The van der Waals surface area contributed by atoms with Crippen molar-refractivity contribution in [2.24, 2.45) is 0 Å². The van der Waals surface area contributed by atoms with Crippen molar-refractivity contribution in [1.29, 1.82) is 0 Å². The SMILES string of the molecule is CCC(CC)c1ccc(CC(C)NCc2ccc(-c3csc(CNCc4ccc(C(=O)O)cc4)n3)cc2)cc1. The van der Waals surface area contributed by atoms with E-state index in [1.807, 2.05) is 12.1 Å². The standard InChI is InChI=1S/C33H39N3O2S/c1-4-27(5-2)28-12-6-24(7-13-28)18-23(3)35-20-26-8-14-29(15-9-26)31-22-39-32(36-31)21-34-19-25-10-16-30(17-11-25)33(37)38/h6-17,22-23,27,34-35H,4-5,18-21H2,1-3H3,(H,37,38). The van der Waals surface area contributed by atoms with Crippen molar-refractivity contribution >= 4 is 17.3 Å². The van der Waals surface area contributed by atoms with Gasteiger partial charge in [0.2, 0.25) is 0 Å². The Morgan fingerprint density at radius 2 is 1.46 bits per heavy atom. The largest absolute Gasteiger partial charge is 0.478 e. The highest BCUT2D eigenvalue weighted by Gasteiger charge is 2.09. The fourth-order valence-electron chi connectivity index (χ4n) is 4.80. The lowest BCUT2D eigenvalue weighted by molar-refractivity contribution is 0.0697. The Bertz CT molecular complexity index is 1310. The molecule has 3 aromatic carbocycles. The molecule has 0 aliphatic heterocycles. The summed E-state index contributed by atoms with van der Waals surface area (Å²) in [6, 6.07) is 25.2. The Labute approximate surface area is 236 Å². The summed E-state index contributed by atoms with van der Waals surface area (Å²) in [6.07, 6.45) is 3.41. The Balaban J connectivity index is 1.22. The Kier molecular flexibility index (Phi) is 10.4. The third-order valence-electron chi connectivity index (χ3n) is 7.24. The number of benzene rings is 3. The molecular formula is C33H39N3O2S. The summed E-state index contributed by atoms with van der Waals surface area (Å²) in [6.45, 7) is 8.96. The van der Waals surface area contributed by atoms with Crippen LogP contribution in [-0.2, 0) is 26.1 Å². The lowest BCUT2D eigenvalue weighted by Crippen LogP contribution is -2.27. The predicted octanol–water partition coefficient (Wildman–Crippen LogP) is 7.42. The van der Waals surface area contributed by atoms with Crippen LogP contribution in [0.15, 0.2) is 78.2 Å². The molecule has 0 bridgehead atoms. The fourth-order valence-corrected chi connectivity index (χ4v) is 5.57. The van der Waals surface area contributed by atoms with Crippen LogP contribution in [0.25, 0.3) is 11.3 Å². The summed E-state index contributed by atoms with van der Waals surface area (Å²) in [7, 11) is 0. The van der Waals surface area contributed by atoms with Crippen molar-refractivity contribution in [3.05, 3.63) is 111 Å². The normalized spacial score (nSPS) is 12.1. The quantitative estimate of drug-likeness (QED) is 0.155. The molecule has 0 saturated heterocycles. The van der Waals surface area contributed by atoms with Crippen molar-refractivity contribution in [1.82, 2.24) is 15.6 Å². The van der Waals surface area contributed by atoms with Crippen LogP contribution in [0, 0.1) is 0 Å². The first-order valence-electron chi connectivity index (χ1n) is 13.8. The van der Waals surface area contributed by atoms with Crippen LogP contribution in [0.4, 0.5) is 0 Å². The van der Waals surface area contributed by atoms with Crippen molar-refractivity contribution in [3.8, 4) is 11.3 Å². The number of carboxylic acids is 1. The van der Waals surface area contributed by atoms with Gasteiger partial charge in [-0.15, -0.1) is 11.3 Å². The molecule has 6 heteroatoms. The van der Waals surface area contributed by atoms with Crippen molar-refractivity contribution < 1.29 is 9.90 Å². The van der Waals surface area contributed by atoms with E-state index >= 15 is 0 Å². The second-order valence-electron chi connectivity index (χ2n) is 10.2. The first kappa shape index (κ1) is 28.7. The molecule has 1 aromatic heterocycles. The highest BCUT2D eigenvalue weighted by molar-refractivity contribution is 7.09. The molecule has 0 aliphatic carbocycles. The van der Waals surface area contributed by atoms with Crippen molar-refractivity contribution in [3.63, 3.8) is 0 Å². The lowest BCUT2D eigenvalue weighted by Gasteiger charge is -2.16. The van der Waals surface area contributed by atoms with Gasteiger partial charge >= 0.3 is 5.97 Å². The Hall–Kier alpha value is -3.32. The Morgan fingerprint density at radius 3 is 2.10 bits per heavy atom. The van der Waals surface area contributed by atoms with E-state index in [2.05, 4.69) is 85.3 Å². The molecule has 0 radical (unpaired) electrons. The monoisotopic (exact) mass is 541 g/mol. The molecule has 0 aliphatic rings. The minimum absolute atomic E-state index is 0.303. The zero-order chi connectivity index (χ0) is 27.6. The first-order chi connectivity index (χ1) is 18.9. The van der Waals surface area contributed by atoms with Crippen LogP contribution >= 0.6 is 11.3 Å². The molecule has 39 heavy (non-hydrogen) atoms. The van der Waals surface area contributed by atoms with Crippen LogP contribution in [0.2, 0.25) is 0 Å². The lowest BCUT2D eigenvalue weighted by atomic mass is 9.92. The van der Waals surface area contributed by atoms with Gasteiger partial charge in [-0.05, 0) is 66.5 Å². The molecule has 0 spiro atoms. The minimum Gasteiger partial charge on any atom is -0.478 e. The maximum absolute atomic E-state index is 11.0. The van der Waals surface area contributed by atoms with Crippen LogP contribution in [0.3, 0.4) is 0 Å². The highest BCUT2D eigenvalue weighted by Crippen LogP contribution is 2.24. The van der Waals surface area contributed by atoms with Crippen molar-refractivity contribution in [2.45, 2.75) is 71.6 Å². The topological polar surface area (TPSA) is 74.2 Å². The van der Waals surface area contributed by atoms with Crippen molar-refractivity contribution in [2.75, 3.05) is 0 Å². The van der Waals surface area contributed by atoms with E-state index in [9.17, 15) is 4.79 Å². The molecule has 3 N–H and O–H groups in total. The van der Waals surface area contributed by atoms with Gasteiger partial charge in [0, 0.05) is 36.6 Å². The first-order valence-corrected chi connectivity index (χ1v) is 14.7. The molecule has 1 atom stereocenters. The molecule has 4 aromatic rings. The number of carbonyl (C=O) groups is 1. The third-order valence-corrected chi connectivity index (χ3v) is 8.09. The van der Waals surface area contributed by atoms with Crippen LogP contribution in [0.5, 0.6) is 0 Å². The second-order valence-corrected chi connectivity index (χ2v) is 11.1. The fraction of sp³-hybridized carbons (Fsp3) is 0.333. The maximum Gasteiger partial charge on any atom is 0.335 e. The van der Waals surface area contributed by atoms with E-state index in [0.29, 0.717) is 30.6 Å². The molecule has 4 rings (SSSR count). The number of nitrogens with one attached hydrogen (secondary N) is 2. The number of aromatic nitrogens is 1. The number of hydrogen-bond acceptors (Lipinski definition) is 5. The highest BCUT2D eigenvalue weighted by atomic mass is 32.1. The molecule has 0 fully saturated rings. The average molecular weight is 542 g/mol. The van der Waals surface area contributed by atoms with Gasteiger partial charge in [0.25, 0.3) is 0 Å². The minimum atomic E-state index is -0.905. The van der Waals surface area contributed by atoms with Crippen LogP contribution in [-0.4, -0.2) is 22.1 Å². The van der Waals surface area contributed by atoms with E-state index in [1.165, 1.54) is 29.5 Å². The summed E-state index contributed by atoms with van der Waals surface area (Å²) in [5.41, 5.74) is 7.56. The van der Waals surface area contributed by atoms with E-state index < -0.39 is 5.97 Å². The van der Waals surface area contributed by atoms with Gasteiger partial charge in [0.05, 0.1) is 11.3 Å². The van der Waals surface area contributed by atoms with E-state index in [1.54, 1.807) is 23.5 Å². The average Bonchev–Trinajstić information content (AvgIpc) is 3.43. The number of thiazole rings is 1. The molecule has 1 unspecified atom stereocenters. The summed E-state index contributed by atoms with van der Waals surface area (Å²) in [5.74, 6) is -0.237. The molecule has 204 valence electrons. The van der Waals surface area contributed by atoms with Gasteiger partial charge in [-0.2, -0.15) is 0 Å². The number of rotatable bonds is 14. The zero-order valence-electron chi connectivity index (χ0n) is 23.1. The summed E-state index contributed by atoms with van der Waals surface area (Å²) < 4.78 is 0. The second kappa shape index (κ2) is 14.2. The summed E-state index contributed by atoms with van der Waals surface area (Å²) >= 11 is 1.65. The maximum atomic E-state index is 11.0. The van der Waals surface area contributed by atoms with E-state index in [-0.39, 0.29) is 0 Å². The van der Waals surface area contributed by atoms with Gasteiger partial charge in [-0.1, -0.05) is 74.5 Å². The Morgan fingerprint density at radius 1 is 0.846 bits per heavy atom. The predicted molar refractivity (Wildman–Crippen MR) is 161 cm³/mol. The van der Waals surface area contributed by atoms with Crippen LogP contribution in [0.1, 0.15) is 77.2 Å². The molecule has 0 saturated carbocycles. The number of hydrogen-bond donors (Lipinski definition) is 3. The molecule has 0 amide bonds. The van der Waals surface area contributed by atoms with Crippen LogP contribution < -0.4 is 10.6 Å². The zero-order valence-corrected chi connectivity index (χ0v) is 23.9. The number of aromatic carboxylic acids is 1. The van der Waals surface area contributed by atoms with Gasteiger partial charge < -0.3 is 15.7 Å². The van der Waals surface area contributed by atoms with Gasteiger partial charge in [-0.25, -0.2) is 9.78 Å². The van der Waals surface area contributed by atoms with E-state index in [4.69, 9.17) is 10.1 Å². The summed E-state index contributed by atoms with van der Waals surface area (Å²) in [4.78, 5) is 15.8. The van der Waals surface area contributed by atoms with Gasteiger partial charge in [-0.3, -0.25) is 0 Å². The summed E-state index contributed by atoms with van der Waals surface area (Å²) in [5, 5.41) is 19.2. The van der Waals surface area contributed by atoms with Gasteiger partial charge in [0.15, 0.2) is 0 Å². The molecule has 1 heterocycles.